The van der Waals surface area contributed by atoms with E-state index < -0.39 is 48.6 Å². The molecule has 29 heavy (non-hydrogen) atoms. The highest BCUT2D eigenvalue weighted by atomic mass is 31.2. The number of aromatic amines is 2. The van der Waals surface area contributed by atoms with Gasteiger partial charge < -0.3 is 34.5 Å². The fourth-order valence-corrected chi connectivity index (χ4v) is 3.84. The van der Waals surface area contributed by atoms with Gasteiger partial charge in [-0.05, 0) is 26.7 Å². The van der Waals surface area contributed by atoms with Crippen molar-refractivity contribution in [2.24, 2.45) is 0 Å². The maximum Gasteiger partial charge on any atom is 0.359 e. The topological polar surface area (TPSA) is 182 Å². The molecule has 0 aliphatic rings. The molecule has 1 heterocycles. The number of nitrogens with one attached hydrogen (secondary N) is 2. The van der Waals surface area contributed by atoms with E-state index in [1.54, 1.807) is 20.8 Å². The van der Waals surface area contributed by atoms with E-state index in [4.69, 9.17) is 9.26 Å². The Morgan fingerprint density at radius 3 is 2.34 bits per heavy atom. The minimum atomic E-state index is -4.38. The zero-order valence-electron chi connectivity index (χ0n) is 17.0. The van der Waals surface area contributed by atoms with Crippen molar-refractivity contribution in [1.29, 1.82) is 0 Å². The van der Waals surface area contributed by atoms with Gasteiger partial charge in [0.05, 0.1) is 24.4 Å². The molecule has 0 aromatic carbocycles. The van der Waals surface area contributed by atoms with Crippen molar-refractivity contribution < 1.29 is 34.0 Å². The lowest BCUT2D eigenvalue weighted by Crippen LogP contribution is -2.36. The highest BCUT2D eigenvalue weighted by Crippen LogP contribution is 2.58. The van der Waals surface area contributed by atoms with Gasteiger partial charge in [0.1, 0.15) is 12.2 Å². The monoisotopic (exact) mass is 438 g/mol. The number of aliphatic hydroxyl groups is 3. The van der Waals surface area contributed by atoms with Crippen LogP contribution < -0.4 is 11.2 Å². The summed E-state index contributed by atoms with van der Waals surface area (Å²) in [6.45, 7) is 5.27. The van der Waals surface area contributed by atoms with Crippen LogP contribution in [0.25, 0.3) is 0 Å². The molecule has 168 valence electrons. The van der Waals surface area contributed by atoms with E-state index in [0.29, 0.717) is 6.42 Å². The smallest absolute Gasteiger partial charge is 0.359 e. The van der Waals surface area contributed by atoms with Crippen molar-refractivity contribution in [2.45, 2.75) is 70.1 Å². The van der Waals surface area contributed by atoms with Gasteiger partial charge in [0.15, 0.2) is 5.34 Å². The first-order valence-electron chi connectivity index (χ1n) is 9.31. The summed E-state index contributed by atoms with van der Waals surface area (Å²) < 4.78 is 23.4. The SMILES string of the molecule is CCC(C)(O)P(=O)(O)O[C@](C)(CC)CCO[C@@H](c1c[nH]c(=O)[nH]c1=O)[C@H](O)CO. The van der Waals surface area contributed by atoms with Crippen LogP contribution in [0, 0.1) is 0 Å². The van der Waals surface area contributed by atoms with E-state index in [1.807, 2.05) is 4.98 Å². The second-order valence-electron chi connectivity index (χ2n) is 7.30. The van der Waals surface area contributed by atoms with Crippen molar-refractivity contribution in [3.63, 3.8) is 0 Å². The molecule has 6 N–H and O–H groups in total. The number of H-pyrrole nitrogens is 2. The van der Waals surface area contributed by atoms with Gasteiger partial charge in [0.25, 0.3) is 5.56 Å². The third kappa shape index (κ3) is 6.58. The maximum absolute atomic E-state index is 12.5. The quantitative estimate of drug-likeness (QED) is 0.251. The molecule has 0 saturated carbocycles. The Morgan fingerprint density at radius 1 is 1.24 bits per heavy atom. The summed E-state index contributed by atoms with van der Waals surface area (Å²) in [6, 6.07) is 0. The molecule has 0 aliphatic carbocycles. The predicted octanol–water partition coefficient (Wildman–Crippen LogP) is 0.353. The standard InChI is InChI=1S/C17H31N2O9P/c1-5-16(3,28-29(25,26)17(4,24)6-2)7-8-27-13(12(21)10-20)11-9-18-15(23)19-14(11)22/h9,12-13,20-21,24H,5-8,10H2,1-4H3,(H,25,26)(H2,18,19,22,23)/t12-,13+,16-,17?/m1/s1. The second-order valence-corrected chi connectivity index (χ2v) is 9.49. The molecular formula is C17H31N2O9P. The van der Waals surface area contributed by atoms with E-state index >= 15 is 0 Å². The number of aromatic nitrogens is 2. The Hall–Kier alpha value is -1.33. The van der Waals surface area contributed by atoms with Gasteiger partial charge >= 0.3 is 13.3 Å². The fourth-order valence-electron chi connectivity index (χ4n) is 2.42. The lowest BCUT2D eigenvalue weighted by Gasteiger charge is -2.36. The van der Waals surface area contributed by atoms with Crippen LogP contribution in [0.4, 0.5) is 0 Å². The lowest BCUT2D eigenvalue weighted by atomic mass is 10.00. The Balaban J connectivity index is 2.95. The van der Waals surface area contributed by atoms with Gasteiger partial charge in [-0.1, -0.05) is 13.8 Å². The Bertz CT molecular complexity index is 822. The first-order valence-corrected chi connectivity index (χ1v) is 10.9. The van der Waals surface area contributed by atoms with Crippen molar-refractivity contribution in [1.82, 2.24) is 9.97 Å². The molecule has 0 bridgehead atoms. The average molecular weight is 438 g/mol. The van der Waals surface area contributed by atoms with Gasteiger partial charge in [-0.2, -0.15) is 0 Å². The van der Waals surface area contributed by atoms with E-state index in [2.05, 4.69) is 4.98 Å². The van der Waals surface area contributed by atoms with Crippen molar-refractivity contribution in [3.8, 4) is 0 Å². The van der Waals surface area contributed by atoms with Crippen LogP contribution in [0.1, 0.15) is 58.6 Å². The molecule has 0 saturated heterocycles. The number of ether oxygens (including phenoxy) is 1. The first-order chi connectivity index (χ1) is 13.3. The summed E-state index contributed by atoms with van der Waals surface area (Å²) in [6.07, 6.45) is -1.20. The van der Waals surface area contributed by atoms with Crippen LogP contribution in [0.3, 0.4) is 0 Å². The van der Waals surface area contributed by atoms with Crippen LogP contribution in [0.15, 0.2) is 15.8 Å². The first kappa shape index (κ1) is 25.7. The van der Waals surface area contributed by atoms with Gasteiger partial charge in [0.2, 0.25) is 0 Å². The zero-order valence-corrected chi connectivity index (χ0v) is 17.9. The second kappa shape index (κ2) is 10.1. The minimum absolute atomic E-state index is 0.0107. The normalized spacial score (nSPS) is 20.3. The Labute approximate surface area is 168 Å². The number of aliphatic hydroxyl groups excluding tert-OH is 2. The van der Waals surface area contributed by atoms with Crippen LogP contribution in [0.5, 0.6) is 0 Å². The summed E-state index contributed by atoms with van der Waals surface area (Å²) in [5.41, 5.74) is -2.74. The molecule has 0 aliphatic heterocycles. The molecule has 2 unspecified atom stereocenters. The van der Waals surface area contributed by atoms with E-state index in [1.165, 1.54) is 6.92 Å². The molecule has 1 aromatic rings. The number of hydrogen-bond donors (Lipinski definition) is 6. The predicted molar refractivity (Wildman–Crippen MR) is 105 cm³/mol. The fraction of sp³-hybridized carbons (Fsp3) is 0.765. The van der Waals surface area contributed by atoms with Crippen molar-refractivity contribution in [3.05, 3.63) is 32.6 Å². The summed E-state index contributed by atoms with van der Waals surface area (Å²) in [5, 5.41) is 27.5. The molecule has 0 spiro atoms. The molecule has 12 heteroatoms. The lowest BCUT2D eigenvalue weighted by molar-refractivity contribution is -0.0760. The molecule has 1 aromatic heterocycles. The largest absolute Gasteiger partial charge is 0.394 e. The van der Waals surface area contributed by atoms with Crippen LogP contribution in [-0.2, 0) is 13.8 Å². The highest BCUT2D eigenvalue weighted by molar-refractivity contribution is 7.54. The summed E-state index contributed by atoms with van der Waals surface area (Å²) >= 11 is 0. The molecule has 1 rings (SSSR count). The van der Waals surface area contributed by atoms with Gasteiger partial charge in [-0.15, -0.1) is 0 Å². The number of hydrogen-bond acceptors (Lipinski definition) is 8. The molecular weight excluding hydrogens is 407 g/mol. The molecule has 0 amide bonds. The zero-order chi connectivity index (χ0) is 22.5. The summed E-state index contributed by atoms with van der Waals surface area (Å²) in [4.78, 5) is 37.6. The van der Waals surface area contributed by atoms with Gasteiger partial charge in [0, 0.05) is 12.6 Å². The van der Waals surface area contributed by atoms with E-state index in [0.717, 1.165) is 6.20 Å². The van der Waals surface area contributed by atoms with Gasteiger partial charge in [-0.25, -0.2) is 4.79 Å². The molecule has 0 fully saturated rings. The molecule has 11 nitrogen and oxygen atoms in total. The summed E-state index contributed by atoms with van der Waals surface area (Å²) in [7, 11) is -4.38. The third-order valence-electron chi connectivity index (χ3n) is 4.99. The molecule has 0 radical (unpaired) electrons. The van der Waals surface area contributed by atoms with E-state index in [-0.39, 0.29) is 25.0 Å². The highest BCUT2D eigenvalue weighted by Gasteiger charge is 2.46. The average Bonchev–Trinajstić information content (AvgIpc) is 2.64. The third-order valence-corrected chi connectivity index (χ3v) is 7.21. The Morgan fingerprint density at radius 2 is 1.86 bits per heavy atom. The van der Waals surface area contributed by atoms with Crippen LogP contribution in [-0.4, -0.2) is 60.4 Å². The summed E-state index contributed by atoms with van der Waals surface area (Å²) in [5.74, 6) is 0. The van der Waals surface area contributed by atoms with Crippen LogP contribution in [0.2, 0.25) is 0 Å². The maximum atomic E-state index is 12.5. The van der Waals surface area contributed by atoms with Crippen molar-refractivity contribution >= 4 is 7.60 Å². The molecule has 5 atom stereocenters. The number of rotatable bonds is 12. The Kier molecular flexibility index (Phi) is 8.97. The van der Waals surface area contributed by atoms with Crippen LogP contribution >= 0.6 is 7.60 Å². The van der Waals surface area contributed by atoms with Crippen molar-refractivity contribution in [2.75, 3.05) is 13.2 Å². The minimum Gasteiger partial charge on any atom is -0.394 e. The van der Waals surface area contributed by atoms with E-state index in [9.17, 15) is 34.4 Å². The van der Waals surface area contributed by atoms with Gasteiger partial charge in [-0.3, -0.25) is 14.3 Å².